The number of benzene rings is 2. The molecule has 0 aliphatic rings. The number of thiazole rings is 1. The molecule has 2 heterocycles. The van der Waals surface area contributed by atoms with Crippen LogP contribution in [0, 0.1) is 0 Å². The van der Waals surface area contributed by atoms with Crippen LogP contribution in [0.1, 0.15) is 10.4 Å². The molecule has 0 aliphatic heterocycles. The number of methoxy groups -OCH3 is 1. The molecule has 0 spiro atoms. The molecular formula is C21H17ClN2O2S2. The van der Waals surface area contributed by atoms with E-state index in [-0.39, 0.29) is 5.91 Å². The number of hydrogen-bond donors (Lipinski definition) is 0. The molecule has 4 aromatic rings. The van der Waals surface area contributed by atoms with Crippen LogP contribution in [0.25, 0.3) is 10.2 Å². The van der Waals surface area contributed by atoms with E-state index in [1.54, 1.807) is 12.0 Å². The minimum atomic E-state index is -0.00612. The van der Waals surface area contributed by atoms with Crippen LogP contribution in [0.5, 0.6) is 5.75 Å². The van der Waals surface area contributed by atoms with Crippen LogP contribution in [0.3, 0.4) is 0 Å². The Morgan fingerprint density at radius 3 is 2.64 bits per heavy atom. The van der Waals surface area contributed by atoms with Gasteiger partial charge in [-0.25, -0.2) is 4.98 Å². The van der Waals surface area contributed by atoms with Gasteiger partial charge in [0.15, 0.2) is 5.13 Å². The summed E-state index contributed by atoms with van der Waals surface area (Å²) in [7, 11) is 1.63. The summed E-state index contributed by atoms with van der Waals surface area (Å²) < 4.78 is 6.99. The molecule has 4 nitrogen and oxygen atoms in total. The van der Waals surface area contributed by atoms with E-state index in [1.807, 2.05) is 60.7 Å². The number of fused-ring (bicyclic) bond motifs is 1. The first kappa shape index (κ1) is 18.9. The fraction of sp³-hybridized carbons (Fsp3) is 0.143. The summed E-state index contributed by atoms with van der Waals surface area (Å²) in [6.45, 7) is 0.468. The van der Waals surface area contributed by atoms with Crippen LogP contribution in [-0.2, 0) is 17.8 Å². The molecule has 1 amide bonds. The van der Waals surface area contributed by atoms with Crippen molar-refractivity contribution in [1.82, 2.24) is 4.98 Å². The van der Waals surface area contributed by atoms with E-state index in [4.69, 9.17) is 21.3 Å². The van der Waals surface area contributed by atoms with Gasteiger partial charge in [0.1, 0.15) is 5.75 Å². The standard InChI is InChI=1S/C21H17ClN2O2S2/c1-26-15-7-9-18-17(11-15)23-21(28-18)24(13-14-5-3-2-4-6-14)20(25)12-16-8-10-19(22)27-16/h2-11H,12-13H2,1H3. The molecule has 0 saturated heterocycles. The normalized spacial score (nSPS) is 10.9. The zero-order valence-electron chi connectivity index (χ0n) is 15.1. The van der Waals surface area contributed by atoms with Gasteiger partial charge in [0.05, 0.1) is 34.6 Å². The zero-order valence-corrected chi connectivity index (χ0v) is 17.5. The number of carbonyl (C=O) groups is 1. The van der Waals surface area contributed by atoms with E-state index < -0.39 is 0 Å². The van der Waals surface area contributed by atoms with Crippen molar-refractivity contribution >= 4 is 55.5 Å². The van der Waals surface area contributed by atoms with Crippen LogP contribution in [-0.4, -0.2) is 18.0 Å². The molecule has 0 fully saturated rings. The number of thiophene rings is 1. The minimum Gasteiger partial charge on any atom is -0.497 e. The monoisotopic (exact) mass is 428 g/mol. The summed E-state index contributed by atoms with van der Waals surface area (Å²) in [5, 5.41) is 0.680. The van der Waals surface area contributed by atoms with Gasteiger partial charge in [0.2, 0.25) is 5.91 Å². The van der Waals surface area contributed by atoms with Crippen molar-refractivity contribution in [3.8, 4) is 5.75 Å². The Balaban J connectivity index is 1.68. The quantitative estimate of drug-likeness (QED) is 0.390. The molecule has 2 aromatic carbocycles. The molecule has 2 aromatic heterocycles. The molecule has 0 atom stereocenters. The van der Waals surface area contributed by atoms with Gasteiger partial charge in [0, 0.05) is 10.9 Å². The van der Waals surface area contributed by atoms with Crippen molar-refractivity contribution in [2.24, 2.45) is 0 Å². The summed E-state index contributed by atoms with van der Waals surface area (Å²) in [5.74, 6) is 0.743. The topological polar surface area (TPSA) is 42.4 Å². The second kappa shape index (κ2) is 8.31. The molecule has 0 unspecified atom stereocenters. The van der Waals surface area contributed by atoms with Gasteiger partial charge in [-0.15, -0.1) is 11.3 Å². The Bertz CT molecular complexity index is 1110. The molecule has 0 saturated carbocycles. The number of nitrogens with zero attached hydrogens (tertiary/aromatic N) is 2. The van der Waals surface area contributed by atoms with Gasteiger partial charge in [-0.3, -0.25) is 9.69 Å². The third-order valence-electron chi connectivity index (χ3n) is 4.25. The van der Waals surface area contributed by atoms with E-state index in [9.17, 15) is 4.79 Å². The largest absolute Gasteiger partial charge is 0.497 e. The highest BCUT2D eigenvalue weighted by atomic mass is 35.5. The summed E-state index contributed by atoms with van der Waals surface area (Å²) in [6.07, 6.45) is 0.295. The maximum absolute atomic E-state index is 13.2. The Labute approximate surface area is 176 Å². The van der Waals surface area contributed by atoms with E-state index in [2.05, 4.69) is 0 Å². The first-order chi connectivity index (χ1) is 13.6. The Morgan fingerprint density at radius 2 is 1.93 bits per heavy atom. The Kier molecular flexibility index (Phi) is 5.62. The van der Waals surface area contributed by atoms with Gasteiger partial charge in [-0.2, -0.15) is 0 Å². The molecule has 0 N–H and O–H groups in total. The van der Waals surface area contributed by atoms with Crippen LogP contribution in [0.4, 0.5) is 5.13 Å². The fourth-order valence-corrected chi connectivity index (χ4v) is 4.90. The molecule has 0 aliphatic carbocycles. The molecular weight excluding hydrogens is 412 g/mol. The summed E-state index contributed by atoms with van der Waals surface area (Å²) in [4.78, 5) is 20.6. The van der Waals surface area contributed by atoms with E-state index in [0.29, 0.717) is 22.4 Å². The number of amides is 1. The maximum atomic E-state index is 13.2. The number of hydrogen-bond acceptors (Lipinski definition) is 5. The third-order valence-corrected chi connectivity index (χ3v) is 6.54. The fourth-order valence-electron chi connectivity index (χ4n) is 2.86. The smallest absolute Gasteiger partial charge is 0.234 e. The first-order valence-corrected chi connectivity index (χ1v) is 10.7. The Morgan fingerprint density at radius 1 is 1.11 bits per heavy atom. The van der Waals surface area contributed by atoms with Crippen LogP contribution >= 0.6 is 34.3 Å². The molecule has 142 valence electrons. The number of halogens is 1. The van der Waals surface area contributed by atoms with Crippen LogP contribution in [0.2, 0.25) is 4.34 Å². The third kappa shape index (κ3) is 4.19. The molecule has 28 heavy (non-hydrogen) atoms. The number of anilines is 1. The highest BCUT2D eigenvalue weighted by molar-refractivity contribution is 7.22. The van der Waals surface area contributed by atoms with Crippen molar-refractivity contribution in [2.45, 2.75) is 13.0 Å². The van der Waals surface area contributed by atoms with Crippen molar-refractivity contribution in [3.05, 3.63) is 75.4 Å². The maximum Gasteiger partial charge on any atom is 0.234 e. The Hall–Kier alpha value is -2.41. The van der Waals surface area contributed by atoms with E-state index in [0.717, 1.165) is 26.4 Å². The number of carbonyl (C=O) groups excluding carboxylic acids is 1. The lowest BCUT2D eigenvalue weighted by Gasteiger charge is -2.19. The lowest BCUT2D eigenvalue weighted by atomic mass is 10.2. The summed E-state index contributed by atoms with van der Waals surface area (Å²) in [6, 6.07) is 19.4. The lowest BCUT2D eigenvalue weighted by molar-refractivity contribution is -0.118. The van der Waals surface area contributed by atoms with Crippen molar-refractivity contribution in [1.29, 1.82) is 0 Å². The van der Waals surface area contributed by atoms with E-state index in [1.165, 1.54) is 22.7 Å². The van der Waals surface area contributed by atoms with Crippen molar-refractivity contribution in [2.75, 3.05) is 12.0 Å². The predicted octanol–water partition coefficient (Wildman–Crippen LogP) is 5.80. The van der Waals surface area contributed by atoms with Crippen molar-refractivity contribution < 1.29 is 9.53 Å². The van der Waals surface area contributed by atoms with Gasteiger partial charge in [-0.1, -0.05) is 53.3 Å². The molecule has 4 rings (SSSR count). The van der Waals surface area contributed by atoms with Gasteiger partial charge in [0.25, 0.3) is 0 Å². The van der Waals surface area contributed by atoms with Gasteiger partial charge < -0.3 is 4.74 Å². The number of aromatic nitrogens is 1. The average molecular weight is 429 g/mol. The second-order valence-corrected chi connectivity index (χ2v) is 8.99. The van der Waals surface area contributed by atoms with Crippen LogP contribution < -0.4 is 9.64 Å². The molecule has 0 bridgehead atoms. The highest BCUT2D eigenvalue weighted by Crippen LogP contribution is 2.33. The van der Waals surface area contributed by atoms with Gasteiger partial charge >= 0.3 is 0 Å². The zero-order chi connectivity index (χ0) is 19.5. The number of rotatable bonds is 6. The minimum absolute atomic E-state index is 0.00612. The van der Waals surface area contributed by atoms with E-state index >= 15 is 0 Å². The lowest BCUT2D eigenvalue weighted by Crippen LogP contribution is -2.31. The highest BCUT2D eigenvalue weighted by Gasteiger charge is 2.21. The summed E-state index contributed by atoms with van der Waals surface area (Å²) >= 11 is 8.96. The van der Waals surface area contributed by atoms with Gasteiger partial charge in [-0.05, 0) is 29.8 Å². The molecule has 7 heteroatoms. The average Bonchev–Trinajstić information content (AvgIpc) is 3.31. The SMILES string of the molecule is COc1ccc2sc(N(Cc3ccccc3)C(=O)Cc3ccc(Cl)s3)nc2c1. The summed E-state index contributed by atoms with van der Waals surface area (Å²) in [5.41, 5.74) is 1.88. The second-order valence-electron chi connectivity index (χ2n) is 6.18. The van der Waals surface area contributed by atoms with Crippen LogP contribution in [0.15, 0.2) is 60.7 Å². The number of ether oxygens (including phenoxy) is 1. The predicted molar refractivity (Wildman–Crippen MR) is 117 cm³/mol. The first-order valence-electron chi connectivity index (χ1n) is 8.65. The van der Waals surface area contributed by atoms with Crippen molar-refractivity contribution in [3.63, 3.8) is 0 Å². The molecule has 0 radical (unpaired) electrons.